The molecular weight excluding hydrogens is 242 g/mol. The van der Waals surface area contributed by atoms with Crippen molar-refractivity contribution in [2.24, 2.45) is 11.7 Å². The number of nitrogens with two attached hydrogens (primary N) is 1. The van der Waals surface area contributed by atoms with E-state index in [9.17, 15) is 4.79 Å². The van der Waals surface area contributed by atoms with Crippen molar-refractivity contribution < 1.29 is 4.79 Å². The number of amides is 1. The molecule has 106 valence electrons. The van der Waals surface area contributed by atoms with Gasteiger partial charge in [0.25, 0.3) is 0 Å². The van der Waals surface area contributed by atoms with E-state index in [4.69, 9.17) is 5.73 Å². The summed E-state index contributed by atoms with van der Waals surface area (Å²) in [4.78, 5) is 16.2. The Morgan fingerprint density at radius 3 is 2.37 bits per heavy atom. The summed E-state index contributed by atoms with van der Waals surface area (Å²) in [6.45, 7) is 7.95. The normalized spacial score (nSPS) is 13.9. The van der Waals surface area contributed by atoms with Gasteiger partial charge in [0, 0.05) is 0 Å². The highest BCUT2D eigenvalue weighted by molar-refractivity contribution is 5.93. The Kier molecular flexibility index (Phi) is 5.82. The molecule has 3 N–H and O–H groups in total. The van der Waals surface area contributed by atoms with Crippen LogP contribution in [-0.2, 0) is 17.6 Å². The van der Waals surface area contributed by atoms with E-state index in [1.165, 1.54) is 0 Å². The fourth-order valence-electron chi connectivity index (χ4n) is 1.70. The maximum atomic E-state index is 11.9. The van der Waals surface area contributed by atoms with E-state index in [0.717, 1.165) is 30.7 Å². The topological polar surface area (TPSA) is 93.8 Å². The Morgan fingerprint density at radius 2 is 1.84 bits per heavy atom. The van der Waals surface area contributed by atoms with Gasteiger partial charge in [-0.05, 0) is 18.8 Å². The number of nitrogens with one attached hydrogen (secondary N) is 1. The summed E-state index contributed by atoms with van der Waals surface area (Å²) in [6.07, 6.45) is 2.39. The first-order chi connectivity index (χ1) is 9.03. The fourth-order valence-corrected chi connectivity index (χ4v) is 1.70. The smallest absolute Gasteiger partial charge is 0.249 e. The molecule has 0 saturated heterocycles. The molecule has 1 heterocycles. The van der Waals surface area contributed by atoms with Gasteiger partial charge in [-0.3, -0.25) is 10.1 Å². The number of hydrogen-bond acceptors (Lipinski definition) is 5. The number of aromatic nitrogens is 3. The van der Waals surface area contributed by atoms with Crippen molar-refractivity contribution in [3.63, 3.8) is 0 Å². The zero-order chi connectivity index (χ0) is 14.4. The van der Waals surface area contributed by atoms with Crippen LogP contribution in [0.3, 0.4) is 0 Å². The molecule has 0 aliphatic carbocycles. The third-order valence-electron chi connectivity index (χ3n) is 3.30. The Bertz CT molecular complexity index is 435. The van der Waals surface area contributed by atoms with Crippen molar-refractivity contribution in [3.8, 4) is 0 Å². The highest BCUT2D eigenvalue weighted by atomic mass is 16.2. The third-order valence-corrected chi connectivity index (χ3v) is 3.30. The molecule has 1 aromatic heterocycles. The second-order valence-electron chi connectivity index (χ2n) is 4.64. The van der Waals surface area contributed by atoms with Crippen molar-refractivity contribution in [1.29, 1.82) is 0 Å². The summed E-state index contributed by atoms with van der Waals surface area (Å²) in [5.41, 5.74) is 7.59. The molecule has 0 saturated carbocycles. The molecule has 6 heteroatoms. The molecule has 1 amide bonds. The second-order valence-corrected chi connectivity index (χ2v) is 4.64. The molecular formula is C13H23N5O. The monoisotopic (exact) mass is 265 g/mol. The van der Waals surface area contributed by atoms with Gasteiger partial charge in [0.05, 0.1) is 17.4 Å². The average molecular weight is 265 g/mol. The van der Waals surface area contributed by atoms with Gasteiger partial charge in [-0.1, -0.05) is 34.1 Å². The van der Waals surface area contributed by atoms with Gasteiger partial charge < -0.3 is 5.73 Å². The summed E-state index contributed by atoms with van der Waals surface area (Å²) >= 11 is 0. The van der Waals surface area contributed by atoms with Crippen LogP contribution in [0.5, 0.6) is 0 Å². The van der Waals surface area contributed by atoms with Crippen LogP contribution in [0.15, 0.2) is 0 Å². The van der Waals surface area contributed by atoms with Crippen molar-refractivity contribution in [1.82, 2.24) is 15.2 Å². The number of anilines is 1. The van der Waals surface area contributed by atoms with Crippen LogP contribution in [0.1, 0.15) is 45.5 Å². The van der Waals surface area contributed by atoms with Gasteiger partial charge in [0.2, 0.25) is 11.9 Å². The number of carbonyl (C=O) groups is 1. The first kappa shape index (κ1) is 15.5. The molecule has 0 fully saturated rings. The highest BCUT2D eigenvalue weighted by Crippen LogP contribution is 2.09. The first-order valence-electron chi connectivity index (χ1n) is 6.82. The minimum absolute atomic E-state index is 0.119. The Morgan fingerprint density at radius 1 is 1.21 bits per heavy atom. The van der Waals surface area contributed by atoms with E-state index < -0.39 is 6.04 Å². The summed E-state index contributed by atoms with van der Waals surface area (Å²) < 4.78 is 0. The van der Waals surface area contributed by atoms with Crippen LogP contribution >= 0.6 is 0 Å². The van der Waals surface area contributed by atoms with E-state index in [1.807, 2.05) is 27.7 Å². The summed E-state index contributed by atoms with van der Waals surface area (Å²) in [5.74, 6) is 0.0915. The molecule has 6 nitrogen and oxygen atoms in total. The molecule has 2 atom stereocenters. The Hall–Kier alpha value is -1.56. The molecule has 0 bridgehead atoms. The predicted octanol–water partition coefficient (Wildman–Crippen LogP) is 1.31. The van der Waals surface area contributed by atoms with Crippen LogP contribution in [0.2, 0.25) is 0 Å². The van der Waals surface area contributed by atoms with Gasteiger partial charge in [-0.25, -0.2) is 4.98 Å². The van der Waals surface area contributed by atoms with E-state index in [1.54, 1.807) is 0 Å². The van der Waals surface area contributed by atoms with Crippen LogP contribution < -0.4 is 11.1 Å². The number of carbonyl (C=O) groups excluding carboxylic acids is 1. The second kappa shape index (κ2) is 7.13. The Balaban J connectivity index is 2.80. The lowest BCUT2D eigenvalue weighted by atomic mass is 10.00. The molecule has 0 aromatic carbocycles. The maximum Gasteiger partial charge on any atom is 0.249 e. The van der Waals surface area contributed by atoms with Crippen molar-refractivity contribution in [2.75, 3.05) is 5.32 Å². The van der Waals surface area contributed by atoms with E-state index in [0.29, 0.717) is 0 Å². The van der Waals surface area contributed by atoms with Crippen LogP contribution in [0.4, 0.5) is 5.95 Å². The molecule has 0 spiro atoms. The van der Waals surface area contributed by atoms with Crippen LogP contribution in [0.25, 0.3) is 0 Å². The fraction of sp³-hybridized carbons (Fsp3) is 0.692. The quantitative estimate of drug-likeness (QED) is 0.808. The van der Waals surface area contributed by atoms with Crippen molar-refractivity contribution >= 4 is 11.9 Å². The highest BCUT2D eigenvalue weighted by Gasteiger charge is 2.20. The molecule has 1 aromatic rings. The number of nitrogens with zero attached hydrogens (tertiary/aromatic N) is 3. The molecule has 1 rings (SSSR count). The first-order valence-corrected chi connectivity index (χ1v) is 6.82. The molecule has 0 aliphatic rings. The van der Waals surface area contributed by atoms with Crippen LogP contribution in [0, 0.1) is 5.92 Å². The summed E-state index contributed by atoms with van der Waals surface area (Å²) in [6, 6.07) is -0.551. The van der Waals surface area contributed by atoms with Crippen molar-refractivity contribution in [3.05, 3.63) is 11.4 Å². The lowest BCUT2D eigenvalue weighted by Gasteiger charge is -2.17. The van der Waals surface area contributed by atoms with E-state index in [-0.39, 0.29) is 17.8 Å². The lowest BCUT2D eigenvalue weighted by molar-refractivity contribution is -0.118. The van der Waals surface area contributed by atoms with Gasteiger partial charge in [-0.2, -0.15) is 0 Å². The minimum Gasteiger partial charge on any atom is -0.320 e. The zero-order valence-corrected chi connectivity index (χ0v) is 12.1. The van der Waals surface area contributed by atoms with E-state index >= 15 is 0 Å². The SMILES string of the molecule is CCc1nnc(NC(=O)[C@@H](N)[C@@H](C)CC)nc1CC. The number of rotatable bonds is 6. The van der Waals surface area contributed by atoms with Gasteiger partial charge in [0.15, 0.2) is 0 Å². The largest absolute Gasteiger partial charge is 0.320 e. The van der Waals surface area contributed by atoms with Gasteiger partial charge >= 0.3 is 0 Å². The standard InChI is InChI=1S/C13H23N5O/c1-5-8(4)11(14)12(19)16-13-15-9(6-2)10(7-3)17-18-13/h8,11H,5-7,14H2,1-4H3,(H,15,16,18,19)/t8-,11-/m0/s1. The van der Waals surface area contributed by atoms with Gasteiger partial charge in [-0.15, -0.1) is 10.2 Å². The Labute approximate surface area is 114 Å². The number of hydrogen-bond donors (Lipinski definition) is 2. The van der Waals surface area contributed by atoms with Crippen molar-refractivity contribution in [2.45, 2.75) is 53.0 Å². The molecule has 0 radical (unpaired) electrons. The maximum absolute atomic E-state index is 11.9. The van der Waals surface area contributed by atoms with E-state index in [2.05, 4.69) is 20.5 Å². The minimum atomic E-state index is -0.551. The number of aryl methyl sites for hydroxylation is 2. The van der Waals surface area contributed by atoms with Crippen LogP contribution in [-0.4, -0.2) is 27.1 Å². The zero-order valence-electron chi connectivity index (χ0n) is 12.1. The predicted molar refractivity (Wildman–Crippen MR) is 74.6 cm³/mol. The van der Waals surface area contributed by atoms with Gasteiger partial charge in [0.1, 0.15) is 0 Å². The lowest BCUT2D eigenvalue weighted by Crippen LogP contribution is -2.41. The molecule has 0 aliphatic heterocycles. The average Bonchev–Trinajstić information content (AvgIpc) is 2.45. The summed E-state index contributed by atoms with van der Waals surface area (Å²) in [5, 5.41) is 10.6. The summed E-state index contributed by atoms with van der Waals surface area (Å²) in [7, 11) is 0. The molecule has 0 unspecified atom stereocenters. The third kappa shape index (κ3) is 3.96. The molecule has 19 heavy (non-hydrogen) atoms.